The summed E-state index contributed by atoms with van der Waals surface area (Å²) in [4.78, 5) is 27.6. The molecule has 0 fully saturated rings. The van der Waals surface area contributed by atoms with E-state index in [1.165, 1.54) is 21.8 Å². The summed E-state index contributed by atoms with van der Waals surface area (Å²) in [5.74, 6) is 0.354. The maximum absolute atomic E-state index is 13.6. The Labute approximate surface area is 210 Å². The summed E-state index contributed by atoms with van der Waals surface area (Å²) >= 11 is 1.52. The van der Waals surface area contributed by atoms with E-state index in [4.69, 9.17) is 9.47 Å². The Bertz CT molecular complexity index is 1140. The van der Waals surface area contributed by atoms with E-state index in [2.05, 4.69) is 10.6 Å². The van der Waals surface area contributed by atoms with E-state index in [9.17, 15) is 9.59 Å². The van der Waals surface area contributed by atoms with Crippen LogP contribution in [0, 0.1) is 0 Å². The van der Waals surface area contributed by atoms with Gasteiger partial charge in [0.05, 0.1) is 25.8 Å². The van der Waals surface area contributed by atoms with Crippen molar-refractivity contribution in [3.8, 4) is 5.75 Å². The number of anilines is 1. The molecule has 6 nitrogen and oxygen atoms in total. The summed E-state index contributed by atoms with van der Waals surface area (Å²) in [6.07, 6.45) is 4.77. The molecule has 1 aromatic heterocycles. The van der Waals surface area contributed by atoms with Crippen LogP contribution in [0.1, 0.15) is 57.7 Å². The molecule has 1 atom stereocenters. The van der Waals surface area contributed by atoms with Gasteiger partial charge in [-0.3, -0.25) is 4.79 Å². The zero-order valence-electron chi connectivity index (χ0n) is 20.3. The number of esters is 1. The molecule has 0 bridgehead atoms. The number of methoxy groups -OCH3 is 1. The summed E-state index contributed by atoms with van der Waals surface area (Å²) in [5.41, 5.74) is 3.71. The van der Waals surface area contributed by atoms with Crippen molar-refractivity contribution in [2.45, 2.75) is 45.1 Å². The Morgan fingerprint density at radius 1 is 1.06 bits per heavy atom. The van der Waals surface area contributed by atoms with Crippen LogP contribution in [-0.4, -0.2) is 32.1 Å². The molecule has 1 aliphatic rings. The molecular formula is C28H33N2O4S+. The molecule has 7 heteroatoms. The SMILES string of the molecule is CCOC(=O)c1c(NC(=O)[C@H]([NH2+]CCc2ccc(OC)cc2)c2ccccc2)sc2c1CCCC2. The summed E-state index contributed by atoms with van der Waals surface area (Å²) in [5, 5.41) is 5.78. The van der Waals surface area contributed by atoms with Gasteiger partial charge in [0.1, 0.15) is 10.8 Å². The Hall–Kier alpha value is -3.16. The molecule has 1 aliphatic carbocycles. The van der Waals surface area contributed by atoms with Crippen LogP contribution in [0.5, 0.6) is 5.75 Å². The fraction of sp³-hybridized carbons (Fsp3) is 0.357. The number of carbonyl (C=O) groups excluding carboxylic acids is 2. The van der Waals surface area contributed by atoms with Gasteiger partial charge in [0.2, 0.25) is 0 Å². The summed E-state index contributed by atoms with van der Waals surface area (Å²) in [7, 11) is 1.66. The molecule has 4 rings (SSSR count). The number of rotatable bonds is 10. The number of benzene rings is 2. The second-order valence-corrected chi connectivity index (χ2v) is 9.74. The number of aryl methyl sites for hydroxylation is 1. The smallest absolute Gasteiger partial charge is 0.341 e. The highest BCUT2D eigenvalue weighted by Crippen LogP contribution is 2.39. The average Bonchev–Trinajstić information content (AvgIpc) is 3.25. The second-order valence-electron chi connectivity index (χ2n) is 8.64. The minimum atomic E-state index is -0.427. The van der Waals surface area contributed by atoms with Crippen LogP contribution in [0.4, 0.5) is 5.00 Å². The topological polar surface area (TPSA) is 81.2 Å². The molecular weight excluding hydrogens is 460 g/mol. The number of thiophene rings is 1. The average molecular weight is 494 g/mol. The number of hydrogen-bond donors (Lipinski definition) is 2. The number of nitrogens with one attached hydrogen (secondary N) is 1. The van der Waals surface area contributed by atoms with Crippen molar-refractivity contribution in [1.29, 1.82) is 0 Å². The first-order valence-electron chi connectivity index (χ1n) is 12.2. The minimum Gasteiger partial charge on any atom is -0.497 e. The highest BCUT2D eigenvalue weighted by Gasteiger charge is 2.30. The number of hydrogen-bond acceptors (Lipinski definition) is 5. The van der Waals surface area contributed by atoms with Crippen molar-refractivity contribution in [3.63, 3.8) is 0 Å². The molecule has 0 saturated heterocycles. The Morgan fingerprint density at radius 2 is 1.80 bits per heavy atom. The van der Waals surface area contributed by atoms with Crippen molar-refractivity contribution in [1.82, 2.24) is 0 Å². The number of amides is 1. The molecule has 1 heterocycles. The Kier molecular flexibility index (Phi) is 8.55. The maximum Gasteiger partial charge on any atom is 0.341 e. The maximum atomic E-state index is 13.6. The van der Waals surface area contributed by atoms with Crippen LogP contribution in [0.2, 0.25) is 0 Å². The third-order valence-corrected chi connectivity index (χ3v) is 7.53. The molecule has 3 N–H and O–H groups in total. The first-order chi connectivity index (χ1) is 17.1. The molecule has 184 valence electrons. The van der Waals surface area contributed by atoms with Crippen molar-refractivity contribution in [2.75, 3.05) is 25.6 Å². The van der Waals surface area contributed by atoms with E-state index in [0.717, 1.165) is 55.5 Å². The predicted molar refractivity (Wildman–Crippen MR) is 138 cm³/mol. The lowest BCUT2D eigenvalue weighted by molar-refractivity contribution is -0.682. The fourth-order valence-corrected chi connectivity index (χ4v) is 5.81. The first-order valence-corrected chi connectivity index (χ1v) is 13.1. The van der Waals surface area contributed by atoms with Gasteiger partial charge in [-0.15, -0.1) is 11.3 Å². The van der Waals surface area contributed by atoms with Gasteiger partial charge in [-0.25, -0.2) is 4.79 Å². The molecule has 0 radical (unpaired) electrons. The lowest BCUT2D eigenvalue weighted by Gasteiger charge is -2.16. The first kappa shape index (κ1) is 24.9. The van der Waals surface area contributed by atoms with Crippen LogP contribution >= 0.6 is 11.3 Å². The van der Waals surface area contributed by atoms with Gasteiger partial charge in [0, 0.05) is 16.9 Å². The third-order valence-electron chi connectivity index (χ3n) is 6.32. The van der Waals surface area contributed by atoms with E-state index in [-0.39, 0.29) is 11.9 Å². The fourth-order valence-electron chi connectivity index (χ4n) is 4.53. The molecule has 0 spiro atoms. The molecule has 35 heavy (non-hydrogen) atoms. The Morgan fingerprint density at radius 3 is 2.51 bits per heavy atom. The molecule has 0 aliphatic heterocycles. The van der Waals surface area contributed by atoms with E-state index >= 15 is 0 Å². The largest absolute Gasteiger partial charge is 0.497 e. The van der Waals surface area contributed by atoms with Gasteiger partial charge in [0.15, 0.2) is 6.04 Å². The van der Waals surface area contributed by atoms with Crippen LogP contribution in [-0.2, 0) is 28.8 Å². The van der Waals surface area contributed by atoms with Gasteiger partial charge in [-0.05, 0) is 55.9 Å². The monoisotopic (exact) mass is 493 g/mol. The highest BCUT2D eigenvalue weighted by atomic mass is 32.1. The predicted octanol–water partition coefficient (Wildman–Crippen LogP) is 4.30. The van der Waals surface area contributed by atoms with Crippen LogP contribution < -0.4 is 15.4 Å². The van der Waals surface area contributed by atoms with E-state index < -0.39 is 6.04 Å². The van der Waals surface area contributed by atoms with Crippen molar-refractivity contribution in [2.24, 2.45) is 0 Å². The Balaban J connectivity index is 1.52. The quantitative estimate of drug-likeness (QED) is 0.413. The van der Waals surface area contributed by atoms with Crippen LogP contribution in [0.3, 0.4) is 0 Å². The van der Waals surface area contributed by atoms with E-state index in [1.54, 1.807) is 14.0 Å². The van der Waals surface area contributed by atoms with Crippen molar-refractivity contribution < 1.29 is 24.4 Å². The van der Waals surface area contributed by atoms with Gasteiger partial charge >= 0.3 is 5.97 Å². The lowest BCUT2D eigenvalue weighted by Crippen LogP contribution is -2.87. The van der Waals surface area contributed by atoms with E-state index in [0.29, 0.717) is 17.2 Å². The third kappa shape index (κ3) is 6.10. The zero-order valence-corrected chi connectivity index (χ0v) is 21.2. The number of ether oxygens (including phenoxy) is 2. The molecule has 3 aromatic rings. The standard InChI is InChI=1S/C28H32N2O4S/c1-3-34-28(32)24-22-11-7-8-12-23(22)35-27(24)30-26(31)25(20-9-5-4-6-10-20)29-18-17-19-13-15-21(33-2)16-14-19/h4-6,9-10,13-16,25,29H,3,7-8,11-12,17-18H2,1-2H3,(H,30,31)/p+1/t25-/m1/s1. The number of carbonyl (C=O) groups is 2. The van der Waals surface area contributed by atoms with E-state index in [1.807, 2.05) is 54.6 Å². The summed E-state index contributed by atoms with van der Waals surface area (Å²) in [6.45, 7) is 2.85. The van der Waals surface area contributed by atoms with Crippen molar-refractivity contribution >= 4 is 28.2 Å². The zero-order chi connectivity index (χ0) is 24.6. The lowest BCUT2D eigenvalue weighted by atomic mass is 9.95. The number of quaternary nitrogens is 1. The van der Waals surface area contributed by atoms with Gasteiger partial charge < -0.3 is 20.1 Å². The number of nitrogens with two attached hydrogens (primary N) is 1. The van der Waals surface area contributed by atoms with Gasteiger partial charge in [-0.1, -0.05) is 42.5 Å². The molecule has 0 saturated carbocycles. The number of fused-ring (bicyclic) bond motifs is 1. The van der Waals surface area contributed by atoms with Crippen molar-refractivity contribution in [3.05, 3.63) is 81.7 Å². The second kappa shape index (κ2) is 12.0. The van der Waals surface area contributed by atoms with Gasteiger partial charge in [-0.2, -0.15) is 0 Å². The van der Waals surface area contributed by atoms with Gasteiger partial charge in [0.25, 0.3) is 5.91 Å². The normalized spacial score (nSPS) is 13.5. The summed E-state index contributed by atoms with van der Waals surface area (Å²) < 4.78 is 10.6. The highest BCUT2D eigenvalue weighted by molar-refractivity contribution is 7.17. The molecule has 1 amide bonds. The van der Waals surface area contributed by atoms with Crippen LogP contribution in [0.15, 0.2) is 54.6 Å². The van der Waals surface area contributed by atoms with Crippen LogP contribution in [0.25, 0.3) is 0 Å². The minimum absolute atomic E-state index is 0.130. The summed E-state index contributed by atoms with van der Waals surface area (Å²) in [6, 6.07) is 17.4. The molecule has 0 unspecified atom stereocenters. The molecule has 2 aromatic carbocycles.